The molecule has 0 saturated heterocycles. The van der Waals surface area contributed by atoms with Crippen molar-refractivity contribution in [1.82, 2.24) is 14.9 Å². The molecule has 1 aromatic rings. The lowest BCUT2D eigenvalue weighted by molar-refractivity contribution is 0.456. The van der Waals surface area contributed by atoms with Crippen molar-refractivity contribution in [3.05, 3.63) is 30.4 Å². The van der Waals surface area contributed by atoms with E-state index in [-0.39, 0.29) is 0 Å². The molecule has 0 saturated carbocycles. The zero-order valence-corrected chi connectivity index (χ0v) is 8.77. The fourth-order valence-electron chi connectivity index (χ4n) is 1.98. The molecule has 1 aliphatic carbocycles. The number of hydrogen-bond acceptors (Lipinski definition) is 2. The molecule has 1 atom stereocenters. The lowest BCUT2D eigenvalue weighted by Crippen LogP contribution is -2.30. The van der Waals surface area contributed by atoms with Crippen LogP contribution in [0.5, 0.6) is 0 Å². The zero-order chi connectivity index (χ0) is 9.97. The molecule has 14 heavy (non-hydrogen) atoms. The molecule has 0 bridgehead atoms. The summed E-state index contributed by atoms with van der Waals surface area (Å²) < 4.78 is 2.07. The van der Waals surface area contributed by atoms with Gasteiger partial charge < -0.3 is 9.88 Å². The monoisotopic (exact) mass is 191 g/mol. The lowest BCUT2D eigenvalue weighted by Gasteiger charge is -2.19. The second kappa shape index (κ2) is 3.96. The Balaban J connectivity index is 1.95. The Morgan fingerprint density at radius 1 is 1.50 bits per heavy atom. The average molecular weight is 191 g/mol. The molecule has 0 spiro atoms. The Kier molecular flexibility index (Phi) is 2.68. The van der Waals surface area contributed by atoms with Crippen LogP contribution in [0.2, 0.25) is 0 Å². The SMILES string of the molecule is CC(NC1CC=CC1)c1cncn1C. The fraction of sp³-hybridized carbons (Fsp3) is 0.545. The third-order valence-corrected chi connectivity index (χ3v) is 2.79. The van der Waals surface area contributed by atoms with Crippen LogP contribution >= 0.6 is 0 Å². The van der Waals surface area contributed by atoms with E-state index >= 15 is 0 Å². The first kappa shape index (κ1) is 9.46. The highest BCUT2D eigenvalue weighted by Gasteiger charge is 2.15. The Morgan fingerprint density at radius 2 is 2.21 bits per heavy atom. The van der Waals surface area contributed by atoms with Gasteiger partial charge in [0.15, 0.2) is 0 Å². The summed E-state index contributed by atoms with van der Waals surface area (Å²) in [6, 6.07) is 0.993. The topological polar surface area (TPSA) is 29.9 Å². The van der Waals surface area contributed by atoms with Gasteiger partial charge in [-0.2, -0.15) is 0 Å². The van der Waals surface area contributed by atoms with Crippen LogP contribution < -0.4 is 5.32 Å². The van der Waals surface area contributed by atoms with Crippen molar-refractivity contribution in [3.63, 3.8) is 0 Å². The Labute approximate surface area is 84.8 Å². The van der Waals surface area contributed by atoms with Crippen molar-refractivity contribution in [2.75, 3.05) is 0 Å². The molecule has 0 radical (unpaired) electrons. The molecule has 0 fully saturated rings. The number of nitrogens with one attached hydrogen (secondary N) is 1. The average Bonchev–Trinajstić information content (AvgIpc) is 2.75. The first-order valence-electron chi connectivity index (χ1n) is 5.14. The Hall–Kier alpha value is -1.09. The highest BCUT2D eigenvalue weighted by molar-refractivity contribution is 5.06. The Morgan fingerprint density at radius 3 is 2.79 bits per heavy atom. The maximum atomic E-state index is 4.12. The molecule has 0 aliphatic heterocycles. The molecule has 3 nitrogen and oxygen atoms in total. The number of nitrogens with zero attached hydrogens (tertiary/aromatic N) is 2. The first-order valence-corrected chi connectivity index (χ1v) is 5.14. The molecule has 2 rings (SSSR count). The van der Waals surface area contributed by atoms with Crippen molar-refractivity contribution in [2.24, 2.45) is 7.05 Å². The number of imidazole rings is 1. The highest BCUT2D eigenvalue weighted by atomic mass is 15.1. The van der Waals surface area contributed by atoms with Gasteiger partial charge in [-0.15, -0.1) is 0 Å². The molecule has 1 aliphatic rings. The van der Waals surface area contributed by atoms with Crippen molar-refractivity contribution in [2.45, 2.75) is 31.8 Å². The summed E-state index contributed by atoms with van der Waals surface area (Å²) >= 11 is 0. The van der Waals surface area contributed by atoms with Crippen LogP contribution in [0.4, 0.5) is 0 Å². The third-order valence-electron chi connectivity index (χ3n) is 2.79. The molecule has 1 unspecified atom stereocenters. The van der Waals surface area contributed by atoms with Crippen molar-refractivity contribution < 1.29 is 0 Å². The standard InChI is InChI=1S/C11H17N3/c1-9(11-7-12-8-14(11)2)13-10-5-3-4-6-10/h3-4,7-10,13H,5-6H2,1-2H3. The molecular weight excluding hydrogens is 174 g/mol. The first-order chi connectivity index (χ1) is 6.77. The van der Waals surface area contributed by atoms with E-state index in [1.54, 1.807) is 0 Å². The molecule has 0 amide bonds. The minimum Gasteiger partial charge on any atom is -0.336 e. The predicted molar refractivity (Wildman–Crippen MR) is 56.9 cm³/mol. The van der Waals surface area contributed by atoms with Crippen LogP contribution in [-0.2, 0) is 7.05 Å². The summed E-state index contributed by atoms with van der Waals surface area (Å²) in [7, 11) is 2.04. The van der Waals surface area contributed by atoms with Crippen LogP contribution in [-0.4, -0.2) is 15.6 Å². The fourth-order valence-corrected chi connectivity index (χ4v) is 1.98. The van der Waals surface area contributed by atoms with Crippen LogP contribution in [0.25, 0.3) is 0 Å². The van der Waals surface area contributed by atoms with Gasteiger partial charge in [0.2, 0.25) is 0 Å². The molecule has 1 aromatic heterocycles. The maximum Gasteiger partial charge on any atom is 0.0946 e. The highest BCUT2D eigenvalue weighted by Crippen LogP contribution is 2.16. The lowest BCUT2D eigenvalue weighted by atomic mass is 10.1. The van der Waals surface area contributed by atoms with Crippen LogP contribution in [0.3, 0.4) is 0 Å². The molecule has 1 N–H and O–H groups in total. The quantitative estimate of drug-likeness (QED) is 0.738. The number of aryl methyl sites for hydroxylation is 1. The van der Waals surface area contributed by atoms with Gasteiger partial charge >= 0.3 is 0 Å². The number of aromatic nitrogens is 2. The normalized spacial score (nSPS) is 19.0. The van der Waals surface area contributed by atoms with Crippen molar-refractivity contribution in [3.8, 4) is 0 Å². The molecule has 1 heterocycles. The van der Waals surface area contributed by atoms with E-state index in [9.17, 15) is 0 Å². The molecule has 76 valence electrons. The van der Waals surface area contributed by atoms with Gasteiger partial charge in [0.05, 0.1) is 12.0 Å². The van der Waals surface area contributed by atoms with E-state index < -0.39 is 0 Å². The van der Waals surface area contributed by atoms with Gasteiger partial charge in [-0.05, 0) is 19.8 Å². The summed E-state index contributed by atoms with van der Waals surface area (Å²) in [5, 5.41) is 3.60. The van der Waals surface area contributed by atoms with E-state index in [0.717, 1.165) is 12.8 Å². The largest absolute Gasteiger partial charge is 0.336 e. The minimum atomic E-state index is 0.382. The second-order valence-corrected chi connectivity index (χ2v) is 3.96. The van der Waals surface area contributed by atoms with Gasteiger partial charge in [-0.25, -0.2) is 4.98 Å². The second-order valence-electron chi connectivity index (χ2n) is 3.96. The number of hydrogen-bond donors (Lipinski definition) is 1. The van der Waals surface area contributed by atoms with E-state index in [1.165, 1.54) is 5.69 Å². The van der Waals surface area contributed by atoms with Gasteiger partial charge in [0.1, 0.15) is 0 Å². The molecular formula is C11H17N3. The van der Waals surface area contributed by atoms with E-state index in [0.29, 0.717) is 12.1 Å². The van der Waals surface area contributed by atoms with E-state index in [1.807, 2.05) is 19.6 Å². The van der Waals surface area contributed by atoms with Gasteiger partial charge in [-0.1, -0.05) is 12.2 Å². The Bertz CT molecular complexity index is 319. The summed E-state index contributed by atoms with van der Waals surface area (Å²) in [4.78, 5) is 4.12. The van der Waals surface area contributed by atoms with E-state index in [4.69, 9.17) is 0 Å². The van der Waals surface area contributed by atoms with Crippen LogP contribution in [0.1, 0.15) is 31.5 Å². The summed E-state index contributed by atoms with van der Waals surface area (Å²) in [6.07, 6.45) is 10.6. The smallest absolute Gasteiger partial charge is 0.0946 e. The minimum absolute atomic E-state index is 0.382. The predicted octanol–water partition coefficient (Wildman–Crippen LogP) is 1.79. The summed E-state index contributed by atoms with van der Waals surface area (Å²) in [5.74, 6) is 0. The van der Waals surface area contributed by atoms with Crippen molar-refractivity contribution >= 4 is 0 Å². The number of rotatable bonds is 3. The maximum absolute atomic E-state index is 4.12. The van der Waals surface area contributed by atoms with E-state index in [2.05, 4.69) is 33.9 Å². The molecule has 3 heteroatoms. The molecule has 0 aromatic carbocycles. The van der Waals surface area contributed by atoms with Gasteiger partial charge in [0.25, 0.3) is 0 Å². The summed E-state index contributed by atoms with van der Waals surface area (Å²) in [6.45, 7) is 2.19. The zero-order valence-electron chi connectivity index (χ0n) is 8.77. The summed E-state index contributed by atoms with van der Waals surface area (Å²) in [5.41, 5.74) is 1.25. The van der Waals surface area contributed by atoms with Gasteiger partial charge in [-0.3, -0.25) is 0 Å². The van der Waals surface area contributed by atoms with Crippen LogP contribution in [0.15, 0.2) is 24.7 Å². The van der Waals surface area contributed by atoms with Crippen molar-refractivity contribution in [1.29, 1.82) is 0 Å². The third kappa shape index (κ3) is 1.87. The van der Waals surface area contributed by atoms with Gasteiger partial charge in [0, 0.05) is 25.3 Å². The van der Waals surface area contributed by atoms with Crippen LogP contribution in [0, 0.1) is 0 Å².